The van der Waals surface area contributed by atoms with Gasteiger partial charge in [0.15, 0.2) is 0 Å². The van der Waals surface area contributed by atoms with Crippen molar-refractivity contribution < 1.29 is 9.59 Å². The molecule has 0 radical (unpaired) electrons. The predicted molar refractivity (Wildman–Crippen MR) is 38.9 cm³/mol. The van der Waals surface area contributed by atoms with Crippen molar-refractivity contribution in [1.29, 1.82) is 0 Å². The monoisotopic (exact) mass is 163 g/mol. The Morgan fingerprint density at radius 1 is 1.08 bits per heavy atom. The van der Waals surface area contributed by atoms with E-state index in [-0.39, 0.29) is 6.15 Å². The van der Waals surface area contributed by atoms with Crippen LogP contribution in [0.5, 0.6) is 0 Å². The van der Waals surface area contributed by atoms with Gasteiger partial charge in [-0.3, -0.25) is 0 Å². The topological polar surface area (TPSA) is 75.7 Å². The van der Waals surface area contributed by atoms with Crippen LogP contribution in [0.25, 0.3) is 11.0 Å². The highest BCUT2D eigenvalue weighted by molar-refractivity contribution is 5.72. The summed E-state index contributed by atoms with van der Waals surface area (Å²) in [6.07, 6.45) is 0.250. The van der Waals surface area contributed by atoms with Crippen molar-refractivity contribution in [2.75, 3.05) is 0 Å². The number of H-pyrrole nitrogens is 1. The quantitative estimate of drug-likeness (QED) is 0.608. The zero-order valence-electron chi connectivity index (χ0n) is 6.02. The number of hydrogen-bond acceptors (Lipinski definition) is 4. The Morgan fingerprint density at radius 2 is 1.50 bits per heavy atom. The number of nitrogens with zero attached hydrogens (tertiary/aromatic N) is 2. The maximum absolute atomic E-state index is 8.12. The van der Waals surface area contributed by atoms with Gasteiger partial charge in [-0.2, -0.15) is 25.0 Å². The lowest BCUT2D eigenvalue weighted by Gasteiger charge is -1.78. The standard InChI is InChI=1S/C6H5N3.CO2/c1-2-4-6-5(3-1)7-9-8-6;2-1-3/h1-4H,(H,7,8,9);. The molecule has 2 rings (SSSR count). The van der Waals surface area contributed by atoms with Gasteiger partial charge in [-0.1, -0.05) is 12.1 Å². The Morgan fingerprint density at radius 3 is 1.92 bits per heavy atom. The molecule has 0 amide bonds. The van der Waals surface area contributed by atoms with Crippen LogP contribution in [0.3, 0.4) is 0 Å². The van der Waals surface area contributed by atoms with Gasteiger partial charge in [-0.05, 0) is 12.1 Å². The van der Waals surface area contributed by atoms with Gasteiger partial charge in [-0.15, -0.1) is 0 Å². The van der Waals surface area contributed by atoms with Crippen molar-refractivity contribution in [2.45, 2.75) is 0 Å². The van der Waals surface area contributed by atoms with Gasteiger partial charge in [0.1, 0.15) is 11.0 Å². The van der Waals surface area contributed by atoms with Crippen molar-refractivity contribution >= 4 is 17.2 Å². The zero-order valence-corrected chi connectivity index (χ0v) is 6.02. The molecule has 5 heteroatoms. The molecule has 0 aliphatic rings. The predicted octanol–water partition coefficient (Wildman–Crippen LogP) is 0.374. The van der Waals surface area contributed by atoms with E-state index < -0.39 is 0 Å². The first-order valence-corrected chi connectivity index (χ1v) is 3.13. The van der Waals surface area contributed by atoms with Crippen LogP contribution in [0.4, 0.5) is 0 Å². The number of rotatable bonds is 0. The van der Waals surface area contributed by atoms with Crippen LogP contribution in [-0.4, -0.2) is 21.6 Å². The third kappa shape index (κ3) is 1.74. The van der Waals surface area contributed by atoms with Crippen molar-refractivity contribution in [3.63, 3.8) is 0 Å². The molecule has 0 bridgehead atoms. The SMILES string of the molecule is O=C=O.c1ccc2n[nH]nc2c1. The Bertz CT molecular complexity index is 360. The Kier molecular flexibility index (Phi) is 2.70. The van der Waals surface area contributed by atoms with Gasteiger partial charge in [0.2, 0.25) is 0 Å². The zero-order chi connectivity index (χ0) is 8.81. The van der Waals surface area contributed by atoms with E-state index in [4.69, 9.17) is 9.59 Å². The molecule has 1 heterocycles. The van der Waals surface area contributed by atoms with Gasteiger partial charge in [-0.25, -0.2) is 0 Å². The summed E-state index contributed by atoms with van der Waals surface area (Å²) >= 11 is 0. The molecule has 0 saturated heterocycles. The summed E-state index contributed by atoms with van der Waals surface area (Å²) in [6, 6.07) is 7.70. The van der Waals surface area contributed by atoms with Crippen molar-refractivity contribution in [3.05, 3.63) is 24.3 Å². The summed E-state index contributed by atoms with van der Waals surface area (Å²) in [4.78, 5) is 16.2. The first-order chi connectivity index (χ1) is 5.88. The molecule has 0 aliphatic heterocycles. The number of aromatic amines is 1. The minimum atomic E-state index is 0.250. The highest BCUT2D eigenvalue weighted by Gasteiger charge is 1.90. The van der Waals surface area contributed by atoms with Crippen molar-refractivity contribution in [3.8, 4) is 0 Å². The number of aromatic nitrogens is 3. The summed E-state index contributed by atoms with van der Waals surface area (Å²) in [5.41, 5.74) is 1.83. The van der Waals surface area contributed by atoms with E-state index in [0.29, 0.717) is 0 Å². The second kappa shape index (κ2) is 4.00. The minimum Gasteiger partial charge on any atom is -0.197 e. The molecule has 2 aromatic rings. The number of para-hydroxylation sites is 2. The third-order valence-electron chi connectivity index (χ3n) is 1.22. The fourth-order valence-corrected chi connectivity index (χ4v) is 0.786. The summed E-state index contributed by atoms with van der Waals surface area (Å²) < 4.78 is 0. The second-order valence-corrected chi connectivity index (χ2v) is 1.90. The van der Waals surface area contributed by atoms with E-state index in [2.05, 4.69) is 15.4 Å². The number of carbonyl (C=O) groups excluding carboxylic acids is 2. The Balaban J connectivity index is 0.000000213. The minimum absolute atomic E-state index is 0.250. The van der Waals surface area contributed by atoms with Crippen LogP contribution in [0, 0.1) is 0 Å². The van der Waals surface area contributed by atoms with E-state index in [1.54, 1.807) is 0 Å². The van der Waals surface area contributed by atoms with Gasteiger partial charge >= 0.3 is 6.15 Å². The van der Waals surface area contributed by atoms with Gasteiger partial charge < -0.3 is 0 Å². The highest BCUT2D eigenvalue weighted by Crippen LogP contribution is 2.03. The molecule has 0 spiro atoms. The Labute approximate surface area is 67.4 Å². The highest BCUT2D eigenvalue weighted by atomic mass is 16.2. The lowest BCUT2D eigenvalue weighted by atomic mass is 10.3. The lowest BCUT2D eigenvalue weighted by molar-refractivity contribution is -0.191. The van der Waals surface area contributed by atoms with Gasteiger partial charge in [0.25, 0.3) is 0 Å². The molecule has 1 N–H and O–H groups in total. The van der Waals surface area contributed by atoms with E-state index in [1.807, 2.05) is 24.3 Å². The maximum Gasteiger partial charge on any atom is 0.373 e. The smallest absolute Gasteiger partial charge is 0.197 e. The van der Waals surface area contributed by atoms with Crippen LogP contribution in [0.15, 0.2) is 24.3 Å². The molecule has 60 valence electrons. The molecule has 0 aliphatic carbocycles. The van der Waals surface area contributed by atoms with E-state index in [1.165, 1.54) is 0 Å². The van der Waals surface area contributed by atoms with E-state index in [9.17, 15) is 0 Å². The van der Waals surface area contributed by atoms with E-state index in [0.717, 1.165) is 11.0 Å². The average molecular weight is 163 g/mol. The number of hydrogen-bond donors (Lipinski definition) is 1. The molecule has 0 unspecified atom stereocenters. The first-order valence-electron chi connectivity index (χ1n) is 3.13. The number of nitrogens with one attached hydrogen (secondary N) is 1. The normalized spacial score (nSPS) is 8.33. The van der Waals surface area contributed by atoms with Crippen LogP contribution in [0.2, 0.25) is 0 Å². The van der Waals surface area contributed by atoms with Gasteiger partial charge in [0.05, 0.1) is 0 Å². The molecule has 12 heavy (non-hydrogen) atoms. The molecular formula is C7H5N3O2. The maximum atomic E-state index is 8.12. The summed E-state index contributed by atoms with van der Waals surface area (Å²) in [5.74, 6) is 0. The molecule has 0 atom stereocenters. The Hall–Kier alpha value is -2.00. The summed E-state index contributed by atoms with van der Waals surface area (Å²) in [6.45, 7) is 0. The molecule has 1 aromatic carbocycles. The number of fused-ring (bicyclic) bond motifs is 1. The fraction of sp³-hybridized carbons (Fsp3) is 0. The third-order valence-corrected chi connectivity index (χ3v) is 1.22. The molecule has 1 aromatic heterocycles. The second-order valence-electron chi connectivity index (χ2n) is 1.90. The fourth-order valence-electron chi connectivity index (χ4n) is 0.786. The van der Waals surface area contributed by atoms with Crippen LogP contribution < -0.4 is 0 Å². The molecule has 5 nitrogen and oxygen atoms in total. The number of benzene rings is 1. The lowest BCUT2D eigenvalue weighted by Crippen LogP contribution is -1.63. The summed E-state index contributed by atoms with van der Waals surface area (Å²) in [5, 5.41) is 10.3. The molecular weight excluding hydrogens is 158 g/mol. The molecule has 0 saturated carbocycles. The van der Waals surface area contributed by atoms with Crippen molar-refractivity contribution in [2.24, 2.45) is 0 Å². The van der Waals surface area contributed by atoms with Gasteiger partial charge in [0, 0.05) is 0 Å². The average Bonchev–Trinajstić information content (AvgIpc) is 2.52. The molecule has 0 fully saturated rings. The van der Waals surface area contributed by atoms with Crippen LogP contribution >= 0.6 is 0 Å². The van der Waals surface area contributed by atoms with Crippen LogP contribution in [0.1, 0.15) is 0 Å². The van der Waals surface area contributed by atoms with Crippen molar-refractivity contribution in [1.82, 2.24) is 15.4 Å². The van der Waals surface area contributed by atoms with Crippen LogP contribution in [-0.2, 0) is 9.59 Å². The largest absolute Gasteiger partial charge is 0.373 e. The van der Waals surface area contributed by atoms with E-state index >= 15 is 0 Å². The summed E-state index contributed by atoms with van der Waals surface area (Å²) in [7, 11) is 0. The first kappa shape index (κ1) is 8.10.